The number of benzene rings is 4. The highest BCUT2D eigenvalue weighted by Crippen LogP contribution is 2.43. The first-order valence-electron chi connectivity index (χ1n) is 17.2. The standard InChI is InChI=1S/C37H31N3/c1-22-14-26(25-12-10-24(20-38)11-13-25)18-34-35(22)31-16-27(32-17-28(19-37(3,4)5)23(2)21-39-32)15-30-29-8-6-7-9-33(29)40(34)36(30)31/h6-18,21H,19H2,1-5H3/i1D3,2D3,19D2. The lowest BCUT2D eigenvalue weighted by molar-refractivity contribution is 0.410. The Morgan fingerprint density at radius 2 is 1.60 bits per heavy atom. The average molecular weight is 526 g/mol. The number of hydrogen-bond acceptors (Lipinski definition) is 2. The van der Waals surface area contributed by atoms with Gasteiger partial charge in [0.2, 0.25) is 0 Å². The van der Waals surface area contributed by atoms with Gasteiger partial charge >= 0.3 is 0 Å². The molecular formula is C37H31N3. The number of rotatable bonds is 3. The van der Waals surface area contributed by atoms with Crippen molar-refractivity contribution < 1.29 is 11.0 Å². The summed E-state index contributed by atoms with van der Waals surface area (Å²) in [6.45, 7) is 0.154. The molecular weight excluding hydrogens is 486 g/mol. The number of fused-ring (bicyclic) bond motifs is 6. The molecule has 7 aromatic rings. The monoisotopic (exact) mass is 525 g/mol. The van der Waals surface area contributed by atoms with E-state index >= 15 is 0 Å². The molecule has 0 unspecified atom stereocenters. The van der Waals surface area contributed by atoms with Gasteiger partial charge in [-0.1, -0.05) is 57.2 Å². The van der Waals surface area contributed by atoms with Crippen LogP contribution in [0.25, 0.3) is 60.5 Å². The van der Waals surface area contributed by atoms with Crippen molar-refractivity contribution in [2.24, 2.45) is 5.41 Å². The summed E-state index contributed by atoms with van der Waals surface area (Å²) in [7, 11) is 0. The fraction of sp³-hybridized carbons (Fsp3) is 0.189. The first-order valence-corrected chi connectivity index (χ1v) is 13.2. The minimum absolute atomic E-state index is 0.0505. The molecule has 0 saturated carbocycles. The van der Waals surface area contributed by atoms with E-state index in [-0.39, 0.29) is 16.7 Å². The highest BCUT2D eigenvalue weighted by molar-refractivity contribution is 6.25. The predicted octanol–water partition coefficient (Wildman–Crippen LogP) is 9.64. The molecule has 0 spiro atoms. The Kier molecular flexibility index (Phi) is 3.70. The van der Waals surface area contributed by atoms with E-state index < -0.39 is 25.5 Å². The highest BCUT2D eigenvalue weighted by atomic mass is 14.9. The Morgan fingerprint density at radius 3 is 2.35 bits per heavy atom. The summed E-state index contributed by atoms with van der Waals surface area (Å²) in [5.74, 6) is 0. The summed E-state index contributed by atoms with van der Waals surface area (Å²) in [5.41, 5.74) is 4.64. The third-order valence-corrected chi connectivity index (χ3v) is 7.45. The molecule has 0 amide bonds. The molecule has 0 aliphatic carbocycles. The van der Waals surface area contributed by atoms with E-state index in [4.69, 9.17) is 11.0 Å². The van der Waals surface area contributed by atoms with Crippen LogP contribution in [0.15, 0.2) is 85.1 Å². The Morgan fingerprint density at radius 1 is 0.825 bits per heavy atom. The second kappa shape index (κ2) is 8.66. The van der Waals surface area contributed by atoms with Crippen LogP contribution in [0.4, 0.5) is 0 Å². The van der Waals surface area contributed by atoms with Gasteiger partial charge in [0.25, 0.3) is 0 Å². The number of aryl methyl sites for hydroxylation is 2. The number of aromatic nitrogens is 2. The Bertz CT molecular complexity index is 2440. The zero-order valence-electron chi connectivity index (χ0n) is 30.4. The summed E-state index contributed by atoms with van der Waals surface area (Å²) < 4.78 is 70.4. The van der Waals surface area contributed by atoms with Crippen LogP contribution >= 0.6 is 0 Å². The summed E-state index contributed by atoms with van der Waals surface area (Å²) >= 11 is 0. The predicted molar refractivity (Wildman–Crippen MR) is 167 cm³/mol. The highest BCUT2D eigenvalue weighted by Gasteiger charge is 2.21. The number of nitriles is 1. The number of hydrogen-bond donors (Lipinski definition) is 0. The van der Waals surface area contributed by atoms with Gasteiger partial charge < -0.3 is 4.40 Å². The van der Waals surface area contributed by atoms with E-state index in [1.165, 1.54) is 12.3 Å². The van der Waals surface area contributed by atoms with Gasteiger partial charge in [-0.2, -0.15) is 5.26 Å². The summed E-state index contributed by atoms with van der Waals surface area (Å²) in [6.07, 6.45) is -0.756. The maximum Gasteiger partial charge on any atom is 0.0991 e. The SMILES string of the molecule is [2H]C([2H])([2H])c1cnc(-c2cc3c4ccccc4n4c5cc(-c6ccc(C#N)cc6)cc(C([2H])([2H])[2H])c5c(c2)c34)cc1C([2H])([2H])C(C)(C)C. The van der Waals surface area contributed by atoms with Crippen molar-refractivity contribution in [3.05, 3.63) is 107 Å². The minimum atomic E-state index is -2.58. The van der Waals surface area contributed by atoms with Gasteiger partial charge in [0.1, 0.15) is 0 Å². The van der Waals surface area contributed by atoms with Crippen molar-refractivity contribution in [1.82, 2.24) is 9.38 Å². The molecule has 0 saturated heterocycles. The molecule has 0 aliphatic rings. The van der Waals surface area contributed by atoms with Gasteiger partial charge in [-0.05, 0) is 95.8 Å². The minimum Gasteiger partial charge on any atom is -0.308 e. The van der Waals surface area contributed by atoms with Gasteiger partial charge in [0.15, 0.2) is 0 Å². The van der Waals surface area contributed by atoms with E-state index in [1.54, 1.807) is 39.0 Å². The Balaban J connectivity index is 1.60. The van der Waals surface area contributed by atoms with Gasteiger partial charge in [-0.3, -0.25) is 4.98 Å². The van der Waals surface area contributed by atoms with E-state index in [2.05, 4.69) is 15.5 Å². The lowest BCUT2D eigenvalue weighted by atomic mass is 9.86. The van der Waals surface area contributed by atoms with Crippen molar-refractivity contribution in [3.8, 4) is 28.5 Å². The summed E-state index contributed by atoms with van der Waals surface area (Å²) in [6, 6.07) is 26.1. The zero-order chi connectivity index (χ0) is 34.6. The van der Waals surface area contributed by atoms with Crippen molar-refractivity contribution in [2.45, 2.75) is 40.8 Å². The molecule has 0 N–H and O–H groups in total. The maximum atomic E-state index is 9.31. The van der Waals surface area contributed by atoms with E-state index in [9.17, 15) is 5.26 Å². The third kappa shape index (κ3) is 3.75. The summed E-state index contributed by atoms with van der Waals surface area (Å²) in [5, 5.41) is 12.4. The molecule has 4 aromatic carbocycles. The van der Waals surface area contributed by atoms with Crippen LogP contribution < -0.4 is 0 Å². The molecule has 0 radical (unpaired) electrons. The third-order valence-electron chi connectivity index (χ3n) is 7.45. The van der Waals surface area contributed by atoms with Crippen molar-refractivity contribution in [2.75, 3.05) is 0 Å². The second-order valence-corrected chi connectivity index (χ2v) is 11.4. The molecule has 3 nitrogen and oxygen atoms in total. The fourth-order valence-electron chi connectivity index (χ4n) is 5.80. The molecule has 7 rings (SSSR count). The Labute approximate surface area is 245 Å². The normalized spacial score (nSPS) is 16.1. The van der Waals surface area contributed by atoms with Crippen molar-refractivity contribution in [3.63, 3.8) is 0 Å². The number of nitrogens with zero attached hydrogens (tertiary/aromatic N) is 3. The van der Waals surface area contributed by atoms with Crippen LogP contribution in [-0.2, 0) is 6.37 Å². The number of pyridine rings is 1. The molecule has 0 atom stereocenters. The van der Waals surface area contributed by atoms with Crippen LogP contribution in [-0.4, -0.2) is 9.38 Å². The number of para-hydroxylation sites is 1. The van der Waals surface area contributed by atoms with E-state index in [0.29, 0.717) is 33.2 Å². The first kappa shape index (κ1) is 17.1. The molecule has 40 heavy (non-hydrogen) atoms. The molecule has 194 valence electrons. The van der Waals surface area contributed by atoms with E-state index in [1.807, 2.05) is 54.6 Å². The van der Waals surface area contributed by atoms with Crippen LogP contribution in [0.3, 0.4) is 0 Å². The average Bonchev–Trinajstić information content (AvgIpc) is 3.54. The van der Waals surface area contributed by atoms with Crippen molar-refractivity contribution >= 4 is 38.1 Å². The lowest BCUT2D eigenvalue weighted by Gasteiger charge is -2.20. The quantitative estimate of drug-likeness (QED) is 0.230. The fourth-order valence-corrected chi connectivity index (χ4v) is 5.80. The zero-order valence-corrected chi connectivity index (χ0v) is 22.4. The van der Waals surface area contributed by atoms with Gasteiger partial charge in [-0.25, -0.2) is 0 Å². The topological polar surface area (TPSA) is 41.1 Å². The smallest absolute Gasteiger partial charge is 0.0991 e. The maximum absolute atomic E-state index is 9.31. The molecule has 3 heteroatoms. The largest absolute Gasteiger partial charge is 0.308 e. The van der Waals surface area contributed by atoms with Crippen LogP contribution in [0.1, 0.15) is 54.0 Å². The first-order chi connectivity index (χ1) is 22.4. The Hall–Kier alpha value is -4.68. The van der Waals surface area contributed by atoms with Crippen LogP contribution in [0.2, 0.25) is 0 Å². The summed E-state index contributed by atoms with van der Waals surface area (Å²) in [4.78, 5) is 4.56. The van der Waals surface area contributed by atoms with Gasteiger partial charge in [-0.15, -0.1) is 0 Å². The van der Waals surface area contributed by atoms with Crippen molar-refractivity contribution in [1.29, 1.82) is 5.26 Å². The second-order valence-electron chi connectivity index (χ2n) is 11.4. The van der Waals surface area contributed by atoms with Crippen LogP contribution in [0.5, 0.6) is 0 Å². The molecule has 3 heterocycles. The van der Waals surface area contributed by atoms with Crippen LogP contribution in [0, 0.1) is 30.4 Å². The molecule has 0 fully saturated rings. The lowest BCUT2D eigenvalue weighted by Crippen LogP contribution is -2.10. The molecule has 0 bridgehead atoms. The van der Waals surface area contributed by atoms with Gasteiger partial charge in [0, 0.05) is 44.3 Å². The molecule has 0 aliphatic heterocycles. The van der Waals surface area contributed by atoms with E-state index in [0.717, 1.165) is 32.9 Å². The molecule has 3 aromatic heterocycles. The van der Waals surface area contributed by atoms with Gasteiger partial charge in [0.05, 0.1) is 33.9 Å².